The van der Waals surface area contributed by atoms with Gasteiger partial charge in [0.2, 0.25) is 0 Å². The van der Waals surface area contributed by atoms with Crippen LogP contribution in [0.25, 0.3) is 0 Å². The number of aliphatic hydroxyl groups is 1. The molecule has 1 atom stereocenters. The molecule has 0 saturated carbocycles. The fourth-order valence-corrected chi connectivity index (χ4v) is 2.41. The van der Waals surface area contributed by atoms with E-state index in [2.05, 4.69) is 30.8 Å². The van der Waals surface area contributed by atoms with Crippen molar-refractivity contribution in [2.75, 3.05) is 47.4 Å². The number of benzene rings is 1. The normalized spacial score (nSPS) is 13.0. The predicted molar refractivity (Wildman–Crippen MR) is 88.0 cm³/mol. The number of rotatable bonds is 9. The summed E-state index contributed by atoms with van der Waals surface area (Å²) in [5.74, 6) is 0.761. The van der Waals surface area contributed by atoms with Gasteiger partial charge in [0.1, 0.15) is 5.75 Å². The van der Waals surface area contributed by atoms with Gasteiger partial charge in [0, 0.05) is 25.2 Å². The van der Waals surface area contributed by atoms with E-state index in [0.29, 0.717) is 6.54 Å². The molecule has 0 aliphatic rings. The van der Waals surface area contributed by atoms with Crippen LogP contribution in [0.4, 0.5) is 0 Å². The molecule has 1 aromatic rings. The lowest BCUT2D eigenvalue weighted by Crippen LogP contribution is -2.35. The van der Waals surface area contributed by atoms with E-state index in [1.165, 1.54) is 0 Å². The lowest BCUT2D eigenvalue weighted by molar-refractivity contribution is 0.106. The summed E-state index contributed by atoms with van der Waals surface area (Å²) in [5.41, 5.74) is 2.02. The third-order valence-corrected chi connectivity index (χ3v) is 3.58. The average molecular weight is 294 g/mol. The van der Waals surface area contributed by atoms with E-state index in [1.54, 1.807) is 7.11 Å². The molecule has 21 heavy (non-hydrogen) atoms. The van der Waals surface area contributed by atoms with Gasteiger partial charge >= 0.3 is 0 Å². The van der Waals surface area contributed by atoms with Crippen molar-refractivity contribution in [1.29, 1.82) is 0 Å². The Morgan fingerprint density at radius 1 is 1.19 bits per heavy atom. The molecule has 0 saturated heterocycles. The fraction of sp³-hybridized carbons (Fsp3) is 0.647. The number of hydrogen-bond donors (Lipinski definition) is 1. The van der Waals surface area contributed by atoms with Crippen LogP contribution in [0.3, 0.4) is 0 Å². The number of hydrogen-bond acceptors (Lipinski definition) is 4. The summed E-state index contributed by atoms with van der Waals surface area (Å²) in [5, 5.41) is 10.6. The summed E-state index contributed by atoms with van der Waals surface area (Å²) < 4.78 is 5.37. The van der Waals surface area contributed by atoms with Crippen LogP contribution in [-0.4, -0.2) is 62.3 Å². The Hall–Kier alpha value is -1.10. The van der Waals surface area contributed by atoms with Gasteiger partial charge in [-0.25, -0.2) is 0 Å². The number of aryl methyl sites for hydroxylation is 1. The maximum absolute atomic E-state index is 10.6. The second-order valence-electron chi connectivity index (χ2n) is 5.87. The summed E-state index contributed by atoms with van der Waals surface area (Å²) in [6.45, 7) is 7.80. The smallest absolute Gasteiger partial charge is 0.124 e. The van der Waals surface area contributed by atoms with Crippen molar-refractivity contribution in [2.45, 2.75) is 26.4 Å². The highest BCUT2D eigenvalue weighted by Crippen LogP contribution is 2.26. The molecule has 4 heteroatoms. The van der Waals surface area contributed by atoms with Crippen molar-refractivity contribution in [3.05, 3.63) is 29.3 Å². The van der Waals surface area contributed by atoms with E-state index in [9.17, 15) is 5.11 Å². The molecule has 0 heterocycles. The fourth-order valence-electron chi connectivity index (χ4n) is 2.41. The van der Waals surface area contributed by atoms with Gasteiger partial charge in [0.15, 0.2) is 0 Å². The number of methoxy groups -OCH3 is 1. The van der Waals surface area contributed by atoms with Crippen molar-refractivity contribution in [2.24, 2.45) is 0 Å². The minimum atomic E-state index is -0.520. The molecule has 1 aromatic carbocycles. The standard InChI is InChI=1S/C17H30N2O2/c1-6-9-19(11-10-18(3)4)13-16(20)15-12-14(2)7-8-17(15)21-5/h7-8,12,16,20H,6,9-11,13H2,1-5H3. The quantitative estimate of drug-likeness (QED) is 0.758. The zero-order chi connectivity index (χ0) is 15.8. The van der Waals surface area contributed by atoms with E-state index in [-0.39, 0.29) is 0 Å². The molecule has 0 radical (unpaired) electrons. The van der Waals surface area contributed by atoms with Crippen molar-refractivity contribution in [1.82, 2.24) is 9.80 Å². The van der Waals surface area contributed by atoms with E-state index in [4.69, 9.17) is 4.74 Å². The molecule has 1 N–H and O–H groups in total. The third-order valence-electron chi connectivity index (χ3n) is 3.58. The monoisotopic (exact) mass is 294 g/mol. The number of nitrogens with zero attached hydrogens (tertiary/aromatic N) is 2. The van der Waals surface area contributed by atoms with Gasteiger partial charge in [0.05, 0.1) is 13.2 Å². The van der Waals surface area contributed by atoms with Crippen LogP contribution in [0.5, 0.6) is 5.75 Å². The second kappa shape index (κ2) is 9.03. The van der Waals surface area contributed by atoms with Crippen LogP contribution < -0.4 is 4.74 Å². The Kier molecular flexibility index (Phi) is 7.72. The number of likely N-dealkylation sites (N-methyl/N-ethyl adjacent to an activating group) is 1. The summed E-state index contributed by atoms with van der Waals surface area (Å²) in [4.78, 5) is 4.48. The van der Waals surface area contributed by atoms with Crippen molar-refractivity contribution in [3.8, 4) is 5.75 Å². The van der Waals surface area contributed by atoms with Crippen LogP contribution in [-0.2, 0) is 0 Å². The van der Waals surface area contributed by atoms with Crippen molar-refractivity contribution in [3.63, 3.8) is 0 Å². The predicted octanol–water partition coefficient (Wildman–Crippen LogP) is 2.31. The highest BCUT2D eigenvalue weighted by molar-refractivity contribution is 5.38. The van der Waals surface area contributed by atoms with Gasteiger partial charge in [-0.05, 0) is 46.1 Å². The van der Waals surface area contributed by atoms with Crippen LogP contribution >= 0.6 is 0 Å². The molecule has 0 amide bonds. The first-order valence-corrected chi connectivity index (χ1v) is 7.67. The molecule has 1 rings (SSSR count). The largest absolute Gasteiger partial charge is 0.496 e. The summed E-state index contributed by atoms with van der Waals surface area (Å²) in [6.07, 6.45) is 0.569. The van der Waals surface area contributed by atoms with Crippen molar-refractivity contribution >= 4 is 0 Å². The Bertz CT molecular complexity index is 421. The molecular formula is C17H30N2O2. The Morgan fingerprint density at radius 2 is 1.90 bits per heavy atom. The number of ether oxygens (including phenoxy) is 1. The van der Waals surface area contributed by atoms with Gasteiger partial charge in [0.25, 0.3) is 0 Å². The van der Waals surface area contributed by atoms with Crippen LogP contribution in [0.15, 0.2) is 18.2 Å². The molecular weight excluding hydrogens is 264 g/mol. The number of aliphatic hydroxyl groups excluding tert-OH is 1. The first-order valence-electron chi connectivity index (χ1n) is 7.67. The SMILES string of the molecule is CCCN(CCN(C)C)CC(O)c1cc(C)ccc1OC. The lowest BCUT2D eigenvalue weighted by Gasteiger charge is -2.27. The Balaban J connectivity index is 2.76. The summed E-state index contributed by atoms with van der Waals surface area (Å²) in [7, 11) is 5.80. The molecule has 0 aliphatic carbocycles. The molecule has 0 fully saturated rings. The van der Waals surface area contributed by atoms with Gasteiger partial charge in [-0.3, -0.25) is 4.90 Å². The topological polar surface area (TPSA) is 35.9 Å². The third kappa shape index (κ3) is 6.04. The van der Waals surface area contributed by atoms with E-state index >= 15 is 0 Å². The second-order valence-corrected chi connectivity index (χ2v) is 5.87. The first-order chi connectivity index (χ1) is 9.97. The van der Waals surface area contributed by atoms with Crippen molar-refractivity contribution < 1.29 is 9.84 Å². The van der Waals surface area contributed by atoms with Crippen LogP contribution in [0.1, 0.15) is 30.6 Å². The van der Waals surface area contributed by atoms with Gasteiger partial charge < -0.3 is 14.7 Å². The average Bonchev–Trinajstić information content (AvgIpc) is 2.44. The van der Waals surface area contributed by atoms with Crippen LogP contribution in [0.2, 0.25) is 0 Å². The minimum Gasteiger partial charge on any atom is -0.496 e. The van der Waals surface area contributed by atoms with E-state index in [1.807, 2.05) is 25.1 Å². The Labute approximate surface area is 129 Å². The Morgan fingerprint density at radius 3 is 2.48 bits per heavy atom. The zero-order valence-corrected chi connectivity index (χ0v) is 14.1. The minimum absolute atomic E-state index is 0.520. The highest BCUT2D eigenvalue weighted by atomic mass is 16.5. The lowest BCUT2D eigenvalue weighted by atomic mass is 10.0. The maximum Gasteiger partial charge on any atom is 0.124 e. The van der Waals surface area contributed by atoms with E-state index < -0.39 is 6.10 Å². The summed E-state index contributed by atoms with van der Waals surface area (Å²) >= 11 is 0. The summed E-state index contributed by atoms with van der Waals surface area (Å²) in [6, 6.07) is 5.95. The zero-order valence-electron chi connectivity index (χ0n) is 14.1. The highest BCUT2D eigenvalue weighted by Gasteiger charge is 2.17. The molecule has 120 valence electrons. The molecule has 0 aliphatic heterocycles. The van der Waals surface area contributed by atoms with E-state index in [0.717, 1.165) is 42.9 Å². The molecule has 0 aromatic heterocycles. The van der Waals surface area contributed by atoms with Gasteiger partial charge in [-0.1, -0.05) is 18.6 Å². The first kappa shape index (κ1) is 18.0. The molecule has 0 bridgehead atoms. The molecule has 4 nitrogen and oxygen atoms in total. The molecule has 1 unspecified atom stereocenters. The molecule has 0 spiro atoms. The van der Waals surface area contributed by atoms with Gasteiger partial charge in [-0.15, -0.1) is 0 Å². The maximum atomic E-state index is 10.6. The van der Waals surface area contributed by atoms with Gasteiger partial charge in [-0.2, -0.15) is 0 Å². The van der Waals surface area contributed by atoms with Crippen LogP contribution in [0, 0.1) is 6.92 Å².